The summed E-state index contributed by atoms with van der Waals surface area (Å²) < 4.78 is 5.79. The van der Waals surface area contributed by atoms with Crippen molar-refractivity contribution in [1.29, 1.82) is 0 Å². The van der Waals surface area contributed by atoms with E-state index in [2.05, 4.69) is 36.5 Å². The molecule has 0 bridgehead atoms. The third-order valence-corrected chi connectivity index (χ3v) is 5.15. The summed E-state index contributed by atoms with van der Waals surface area (Å²) in [6.07, 6.45) is 3.09. The predicted octanol–water partition coefficient (Wildman–Crippen LogP) is 3.99. The van der Waals surface area contributed by atoms with Crippen molar-refractivity contribution in [2.24, 2.45) is 0 Å². The van der Waals surface area contributed by atoms with Crippen molar-refractivity contribution in [2.75, 3.05) is 18.5 Å². The maximum Gasteiger partial charge on any atom is 0.257 e. The third kappa shape index (κ3) is 3.14. The van der Waals surface area contributed by atoms with Crippen molar-refractivity contribution in [1.82, 2.24) is 4.90 Å². The van der Waals surface area contributed by atoms with Crippen LogP contribution < -0.4 is 5.32 Å². The van der Waals surface area contributed by atoms with Crippen LogP contribution in [0.2, 0.25) is 0 Å². The number of nitrogens with one attached hydrogen (secondary N) is 1. The number of carbonyl (C=O) groups excluding carboxylic acids is 1. The Morgan fingerprint density at radius 3 is 2.68 bits per heavy atom. The normalized spacial score (nSPS) is 22.6. The lowest BCUT2D eigenvalue weighted by atomic mass is 10.0. The number of nitrogens with zero attached hydrogens (tertiary/aromatic N) is 1. The highest BCUT2D eigenvalue weighted by Gasteiger charge is 2.35. The Kier molecular flexibility index (Phi) is 4.45. The first kappa shape index (κ1) is 16.2. The van der Waals surface area contributed by atoms with Crippen LogP contribution >= 0.6 is 0 Å². The van der Waals surface area contributed by atoms with E-state index >= 15 is 0 Å². The first-order valence-corrected chi connectivity index (χ1v) is 9.13. The molecule has 4 heteroatoms. The molecule has 0 spiro atoms. The predicted molar refractivity (Wildman–Crippen MR) is 98.6 cm³/mol. The van der Waals surface area contributed by atoms with Gasteiger partial charge in [0.15, 0.2) is 0 Å². The van der Waals surface area contributed by atoms with Gasteiger partial charge in [-0.25, -0.2) is 0 Å². The van der Waals surface area contributed by atoms with E-state index in [9.17, 15) is 4.79 Å². The fraction of sp³-hybridized carbons (Fsp3) is 0.381. The van der Waals surface area contributed by atoms with E-state index < -0.39 is 0 Å². The van der Waals surface area contributed by atoms with Crippen molar-refractivity contribution in [2.45, 2.75) is 38.5 Å². The van der Waals surface area contributed by atoms with Gasteiger partial charge in [-0.05, 0) is 42.5 Å². The second-order valence-corrected chi connectivity index (χ2v) is 6.78. The average Bonchev–Trinajstić information content (AvgIpc) is 3.17. The summed E-state index contributed by atoms with van der Waals surface area (Å²) in [5.74, 6) is 0.0782. The fourth-order valence-corrected chi connectivity index (χ4v) is 3.69. The standard InChI is InChI=1S/C21H24N2O2/c1-2-15-9-11-16(12-10-15)20-22-19-8-4-3-7-18(19)21(24)23(20)14-17-6-5-13-25-17/h3-4,7-12,17,20,22H,2,5-6,13-14H2,1H3/t17-,20-/m1/s1. The first-order chi connectivity index (χ1) is 12.3. The van der Waals surface area contributed by atoms with E-state index in [1.54, 1.807) is 0 Å². The molecule has 2 aromatic carbocycles. The minimum Gasteiger partial charge on any atom is -0.376 e. The molecule has 2 aliphatic heterocycles. The Morgan fingerprint density at radius 2 is 1.96 bits per heavy atom. The van der Waals surface area contributed by atoms with Gasteiger partial charge in [0.1, 0.15) is 6.17 Å². The van der Waals surface area contributed by atoms with E-state index in [1.165, 1.54) is 5.56 Å². The maximum absolute atomic E-state index is 13.1. The molecule has 4 nitrogen and oxygen atoms in total. The number of fused-ring (bicyclic) bond motifs is 1. The van der Waals surface area contributed by atoms with Gasteiger partial charge in [-0.15, -0.1) is 0 Å². The number of hydrogen-bond donors (Lipinski definition) is 1. The fourth-order valence-electron chi connectivity index (χ4n) is 3.69. The molecule has 1 saturated heterocycles. The van der Waals surface area contributed by atoms with Gasteiger partial charge < -0.3 is 15.0 Å². The van der Waals surface area contributed by atoms with Crippen LogP contribution in [-0.4, -0.2) is 30.1 Å². The van der Waals surface area contributed by atoms with Gasteiger partial charge in [-0.2, -0.15) is 0 Å². The van der Waals surface area contributed by atoms with E-state index in [0.717, 1.165) is 42.7 Å². The molecule has 0 aromatic heterocycles. The van der Waals surface area contributed by atoms with Gasteiger partial charge >= 0.3 is 0 Å². The lowest BCUT2D eigenvalue weighted by molar-refractivity contribution is 0.0427. The summed E-state index contributed by atoms with van der Waals surface area (Å²) in [5.41, 5.74) is 4.05. The third-order valence-electron chi connectivity index (χ3n) is 5.15. The number of amides is 1. The molecular formula is C21H24N2O2. The number of benzene rings is 2. The quantitative estimate of drug-likeness (QED) is 0.918. The second kappa shape index (κ2) is 6.89. The zero-order valence-electron chi connectivity index (χ0n) is 14.6. The molecule has 0 unspecified atom stereocenters. The number of ether oxygens (including phenoxy) is 1. The van der Waals surface area contributed by atoms with Crippen LogP contribution in [0, 0.1) is 0 Å². The molecule has 2 atom stereocenters. The van der Waals surface area contributed by atoms with Crippen LogP contribution in [-0.2, 0) is 11.2 Å². The van der Waals surface area contributed by atoms with Gasteiger partial charge in [0.2, 0.25) is 0 Å². The Morgan fingerprint density at radius 1 is 1.16 bits per heavy atom. The van der Waals surface area contributed by atoms with Crippen LogP contribution in [0.1, 0.15) is 47.4 Å². The Balaban J connectivity index is 1.68. The summed E-state index contributed by atoms with van der Waals surface area (Å²) in [7, 11) is 0. The Labute approximate surface area is 148 Å². The maximum atomic E-state index is 13.1. The minimum absolute atomic E-state index is 0.0782. The van der Waals surface area contributed by atoms with Crippen LogP contribution in [0.25, 0.3) is 0 Å². The summed E-state index contributed by atoms with van der Waals surface area (Å²) in [6.45, 7) is 3.57. The molecule has 1 amide bonds. The van der Waals surface area contributed by atoms with Crippen LogP contribution in [0.3, 0.4) is 0 Å². The molecule has 1 N–H and O–H groups in total. The highest BCUT2D eigenvalue weighted by Crippen LogP contribution is 2.34. The highest BCUT2D eigenvalue weighted by molar-refractivity contribution is 6.01. The molecule has 4 rings (SSSR count). The SMILES string of the molecule is CCc1ccc([C@@H]2Nc3ccccc3C(=O)N2C[C@H]2CCCO2)cc1. The number of hydrogen-bond acceptors (Lipinski definition) is 3. The zero-order chi connectivity index (χ0) is 17.2. The van der Waals surface area contributed by atoms with Crippen molar-refractivity contribution in [3.63, 3.8) is 0 Å². The van der Waals surface area contributed by atoms with E-state index in [1.807, 2.05) is 29.2 Å². The van der Waals surface area contributed by atoms with Crippen molar-refractivity contribution >= 4 is 11.6 Å². The lowest BCUT2D eigenvalue weighted by Gasteiger charge is -2.39. The van der Waals surface area contributed by atoms with Crippen molar-refractivity contribution < 1.29 is 9.53 Å². The molecule has 0 radical (unpaired) electrons. The first-order valence-electron chi connectivity index (χ1n) is 9.13. The zero-order valence-corrected chi connectivity index (χ0v) is 14.6. The molecule has 2 aliphatic rings. The summed E-state index contributed by atoms with van der Waals surface area (Å²) in [5, 5.41) is 3.55. The van der Waals surface area contributed by atoms with E-state index in [0.29, 0.717) is 6.54 Å². The lowest BCUT2D eigenvalue weighted by Crippen LogP contribution is -2.46. The van der Waals surface area contributed by atoms with Crippen LogP contribution in [0.5, 0.6) is 0 Å². The Hall–Kier alpha value is -2.33. The second-order valence-electron chi connectivity index (χ2n) is 6.78. The Bertz CT molecular complexity index is 751. The number of rotatable bonds is 4. The molecular weight excluding hydrogens is 312 g/mol. The van der Waals surface area contributed by atoms with Crippen molar-refractivity contribution in [3.05, 3.63) is 65.2 Å². The van der Waals surface area contributed by atoms with Gasteiger partial charge in [0.25, 0.3) is 5.91 Å². The molecule has 25 heavy (non-hydrogen) atoms. The minimum atomic E-state index is -0.155. The van der Waals surface area contributed by atoms with E-state index in [4.69, 9.17) is 4.74 Å². The van der Waals surface area contributed by atoms with Gasteiger partial charge in [0.05, 0.1) is 11.7 Å². The van der Waals surface area contributed by atoms with Crippen LogP contribution in [0.15, 0.2) is 48.5 Å². The number of carbonyl (C=O) groups is 1. The molecule has 2 heterocycles. The largest absolute Gasteiger partial charge is 0.376 e. The van der Waals surface area contributed by atoms with E-state index in [-0.39, 0.29) is 18.2 Å². The smallest absolute Gasteiger partial charge is 0.257 e. The van der Waals surface area contributed by atoms with Gasteiger partial charge in [0, 0.05) is 18.8 Å². The topological polar surface area (TPSA) is 41.6 Å². The average molecular weight is 336 g/mol. The van der Waals surface area contributed by atoms with Gasteiger partial charge in [-0.3, -0.25) is 4.79 Å². The highest BCUT2D eigenvalue weighted by atomic mass is 16.5. The summed E-state index contributed by atoms with van der Waals surface area (Å²) >= 11 is 0. The number of para-hydroxylation sites is 1. The van der Waals surface area contributed by atoms with Crippen molar-refractivity contribution in [3.8, 4) is 0 Å². The molecule has 1 fully saturated rings. The van der Waals surface area contributed by atoms with Gasteiger partial charge in [-0.1, -0.05) is 43.3 Å². The number of aryl methyl sites for hydroxylation is 1. The number of anilines is 1. The molecule has 0 aliphatic carbocycles. The summed E-state index contributed by atoms with van der Waals surface area (Å²) in [4.78, 5) is 15.1. The summed E-state index contributed by atoms with van der Waals surface area (Å²) in [6, 6.07) is 16.3. The van der Waals surface area contributed by atoms with Crippen LogP contribution in [0.4, 0.5) is 5.69 Å². The molecule has 130 valence electrons. The molecule has 0 saturated carbocycles. The molecule has 2 aromatic rings. The monoisotopic (exact) mass is 336 g/mol.